The largest absolute Gasteiger partial charge is 0.483 e. The number of nitrogens with zero attached hydrogens (tertiary/aromatic N) is 1. The molecule has 0 heterocycles. The van der Waals surface area contributed by atoms with Crippen LogP contribution in [0.5, 0.6) is 5.75 Å². The molecule has 0 spiro atoms. The highest BCUT2D eigenvalue weighted by molar-refractivity contribution is 6.36. The molecular formula is C16H13Cl3N2O2. The van der Waals surface area contributed by atoms with Crippen molar-refractivity contribution in [3.05, 3.63) is 62.6 Å². The molecule has 0 radical (unpaired) electrons. The second kappa shape index (κ2) is 8.20. The zero-order valence-electron chi connectivity index (χ0n) is 12.1. The summed E-state index contributed by atoms with van der Waals surface area (Å²) in [6.45, 7) is 1.69. The number of ether oxygens (including phenoxy) is 1. The summed E-state index contributed by atoms with van der Waals surface area (Å²) in [6.07, 6.45) is 1.43. The molecule has 2 aromatic rings. The fourth-order valence-corrected chi connectivity index (χ4v) is 2.41. The minimum Gasteiger partial charge on any atom is -0.483 e. The number of aryl methyl sites for hydroxylation is 1. The highest BCUT2D eigenvalue weighted by Crippen LogP contribution is 2.21. The van der Waals surface area contributed by atoms with Crippen LogP contribution in [0.3, 0.4) is 0 Å². The third kappa shape index (κ3) is 5.43. The number of amides is 1. The Morgan fingerprint density at radius 2 is 1.87 bits per heavy atom. The first-order valence-corrected chi connectivity index (χ1v) is 7.75. The van der Waals surface area contributed by atoms with Crippen LogP contribution in [0.25, 0.3) is 0 Å². The topological polar surface area (TPSA) is 50.7 Å². The molecule has 0 saturated heterocycles. The number of rotatable bonds is 5. The van der Waals surface area contributed by atoms with Gasteiger partial charge in [0.25, 0.3) is 5.91 Å². The number of benzene rings is 2. The number of carbonyl (C=O) groups excluding carboxylic acids is 1. The fourth-order valence-electron chi connectivity index (χ4n) is 1.73. The van der Waals surface area contributed by atoms with Crippen molar-refractivity contribution in [2.75, 3.05) is 6.61 Å². The number of halogens is 3. The smallest absolute Gasteiger partial charge is 0.277 e. The van der Waals surface area contributed by atoms with Gasteiger partial charge in [0.05, 0.1) is 11.2 Å². The maximum absolute atomic E-state index is 11.7. The number of nitrogens with one attached hydrogen (secondary N) is 1. The van der Waals surface area contributed by atoms with Gasteiger partial charge < -0.3 is 4.74 Å². The summed E-state index contributed by atoms with van der Waals surface area (Å²) in [5, 5.41) is 5.42. The van der Waals surface area contributed by atoms with Gasteiger partial charge in [-0.1, -0.05) is 40.9 Å². The summed E-state index contributed by atoms with van der Waals surface area (Å²) in [5.74, 6) is 0.204. The molecule has 0 bridgehead atoms. The van der Waals surface area contributed by atoms with Crippen molar-refractivity contribution in [1.29, 1.82) is 0 Å². The van der Waals surface area contributed by atoms with Crippen LogP contribution in [-0.2, 0) is 4.79 Å². The summed E-state index contributed by atoms with van der Waals surface area (Å²) < 4.78 is 5.41. The molecule has 7 heteroatoms. The number of hydrogen-bond donors (Lipinski definition) is 1. The molecule has 120 valence electrons. The summed E-state index contributed by atoms with van der Waals surface area (Å²) >= 11 is 17.6. The van der Waals surface area contributed by atoms with Crippen LogP contribution in [0.4, 0.5) is 0 Å². The molecule has 2 aromatic carbocycles. The molecular weight excluding hydrogens is 359 g/mol. The lowest BCUT2D eigenvalue weighted by atomic mass is 10.2. The molecule has 0 atom stereocenters. The van der Waals surface area contributed by atoms with Gasteiger partial charge in [0.2, 0.25) is 0 Å². The highest BCUT2D eigenvalue weighted by Gasteiger charge is 2.05. The maximum Gasteiger partial charge on any atom is 0.277 e. The van der Waals surface area contributed by atoms with Gasteiger partial charge in [-0.2, -0.15) is 5.10 Å². The van der Waals surface area contributed by atoms with E-state index in [0.29, 0.717) is 26.4 Å². The standard InChI is InChI=1S/C16H13Cl3N2O2/c1-10-6-12(17)4-5-15(10)23-9-16(22)21-20-8-11-2-3-13(18)7-14(11)19/h2-8H,9H2,1H3,(H,21,22)/b20-8-. The molecule has 23 heavy (non-hydrogen) atoms. The second-order valence-corrected chi connectivity index (χ2v) is 5.94. The average molecular weight is 372 g/mol. The first-order valence-electron chi connectivity index (χ1n) is 6.61. The number of hydrogen-bond acceptors (Lipinski definition) is 3. The lowest BCUT2D eigenvalue weighted by Crippen LogP contribution is -2.24. The Balaban J connectivity index is 1.86. The first kappa shape index (κ1) is 17.6. The third-order valence-electron chi connectivity index (χ3n) is 2.85. The van der Waals surface area contributed by atoms with E-state index in [1.807, 2.05) is 6.92 Å². The maximum atomic E-state index is 11.7. The van der Waals surface area contributed by atoms with Crippen LogP contribution in [-0.4, -0.2) is 18.7 Å². The molecule has 4 nitrogen and oxygen atoms in total. The van der Waals surface area contributed by atoms with Crippen LogP contribution >= 0.6 is 34.8 Å². The van der Waals surface area contributed by atoms with E-state index in [-0.39, 0.29) is 12.5 Å². The quantitative estimate of drug-likeness (QED) is 0.622. The minimum absolute atomic E-state index is 0.159. The van der Waals surface area contributed by atoms with Crippen LogP contribution < -0.4 is 10.2 Å². The molecule has 0 saturated carbocycles. The molecule has 0 aliphatic carbocycles. The first-order chi connectivity index (χ1) is 11.0. The van der Waals surface area contributed by atoms with Gasteiger partial charge in [0.1, 0.15) is 5.75 Å². The molecule has 0 aromatic heterocycles. The molecule has 0 fully saturated rings. The summed E-state index contributed by atoms with van der Waals surface area (Å²) in [6, 6.07) is 10.1. The van der Waals surface area contributed by atoms with Gasteiger partial charge in [-0.05, 0) is 42.8 Å². The highest BCUT2D eigenvalue weighted by atomic mass is 35.5. The Morgan fingerprint density at radius 3 is 2.57 bits per heavy atom. The van der Waals surface area contributed by atoms with Crippen LogP contribution in [0.2, 0.25) is 15.1 Å². The zero-order valence-corrected chi connectivity index (χ0v) is 14.4. The van der Waals surface area contributed by atoms with Gasteiger partial charge in [-0.15, -0.1) is 0 Å². The molecule has 0 aliphatic rings. The van der Waals surface area contributed by atoms with E-state index in [4.69, 9.17) is 39.5 Å². The third-order valence-corrected chi connectivity index (χ3v) is 3.65. The van der Waals surface area contributed by atoms with E-state index in [1.165, 1.54) is 6.21 Å². The molecule has 1 amide bonds. The minimum atomic E-state index is -0.388. The molecule has 0 aliphatic heterocycles. The fraction of sp³-hybridized carbons (Fsp3) is 0.125. The van der Waals surface area contributed by atoms with Gasteiger partial charge in [0, 0.05) is 15.6 Å². The molecule has 2 rings (SSSR count). The average Bonchev–Trinajstić information content (AvgIpc) is 2.48. The van der Waals surface area contributed by atoms with Crippen molar-refractivity contribution >= 4 is 46.9 Å². The lowest BCUT2D eigenvalue weighted by molar-refractivity contribution is -0.123. The molecule has 1 N–H and O–H groups in total. The van der Waals surface area contributed by atoms with Crippen molar-refractivity contribution < 1.29 is 9.53 Å². The monoisotopic (exact) mass is 370 g/mol. The van der Waals surface area contributed by atoms with Gasteiger partial charge in [0.15, 0.2) is 6.61 Å². The van der Waals surface area contributed by atoms with Crippen molar-refractivity contribution in [2.24, 2.45) is 5.10 Å². The van der Waals surface area contributed by atoms with Crippen molar-refractivity contribution in [2.45, 2.75) is 6.92 Å². The Bertz CT molecular complexity index is 748. The normalized spacial score (nSPS) is 10.8. The predicted molar refractivity (Wildman–Crippen MR) is 93.9 cm³/mol. The summed E-state index contributed by atoms with van der Waals surface area (Å²) in [4.78, 5) is 11.7. The lowest BCUT2D eigenvalue weighted by Gasteiger charge is -2.08. The Kier molecular flexibility index (Phi) is 6.28. The van der Waals surface area contributed by atoms with Gasteiger partial charge >= 0.3 is 0 Å². The van der Waals surface area contributed by atoms with Crippen LogP contribution in [0.15, 0.2) is 41.5 Å². The SMILES string of the molecule is Cc1cc(Cl)ccc1OCC(=O)N/N=C\c1ccc(Cl)cc1Cl. The second-order valence-electron chi connectivity index (χ2n) is 4.66. The van der Waals surface area contributed by atoms with Crippen LogP contribution in [0, 0.1) is 6.92 Å². The van der Waals surface area contributed by atoms with Crippen molar-refractivity contribution in [1.82, 2.24) is 5.43 Å². The van der Waals surface area contributed by atoms with Crippen molar-refractivity contribution in [3.8, 4) is 5.75 Å². The van der Waals surface area contributed by atoms with Crippen molar-refractivity contribution in [3.63, 3.8) is 0 Å². The van der Waals surface area contributed by atoms with Gasteiger partial charge in [-0.3, -0.25) is 4.79 Å². The van der Waals surface area contributed by atoms with E-state index in [0.717, 1.165) is 5.56 Å². The van der Waals surface area contributed by atoms with E-state index < -0.39 is 0 Å². The van der Waals surface area contributed by atoms with E-state index in [2.05, 4.69) is 10.5 Å². The van der Waals surface area contributed by atoms with Gasteiger partial charge in [-0.25, -0.2) is 5.43 Å². The predicted octanol–water partition coefficient (Wildman–Crippen LogP) is 4.48. The Labute approximate surface area is 149 Å². The zero-order chi connectivity index (χ0) is 16.8. The van der Waals surface area contributed by atoms with E-state index >= 15 is 0 Å². The van der Waals surface area contributed by atoms with Crippen LogP contribution in [0.1, 0.15) is 11.1 Å². The van der Waals surface area contributed by atoms with E-state index in [1.54, 1.807) is 36.4 Å². The summed E-state index contributed by atoms with van der Waals surface area (Å²) in [5.41, 5.74) is 3.86. The Hall–Kier alpha value is -1.75. The number of carbonyl (C=O) groups is 1. The van der Waals surface area contributed by atoms with E-state index in [9.17, 15) is 4.79 Å². The molecule has 0 unspecified atom stereocenters. The number of hydrazone groups is 1. The Morgan fingerprint density at radius 1 is 1.17 bits per heavy atom. The summed E-state index contributed by atoms with van der Waals surface area (Å²) in [7, 11) is 0.